The van der Waals surface area contributed by atoms with Crippen LogP contribution >= 0.6 is 24.0 Å². The summed E-state index contributed by atoms with van der Waals surface area (Å²) in [5.41, 5.74) is 1.61. The fourth-order valence-electron chi connectivity index (χ4n) is 2.56. The molecule has 3 N–H and O–H groups in total. The van der Waals surface area contributed by atoms with Gasteiger partial charge in [0.15, 0.2) is 29.1 Å². The van der Waals surface area contributed by atoms with Gasteiger partial charge in [-0.1, -0.05) is 12.1 Å². The van der Waals surface area contributed by atoms with Crippen molar-refractivity contribution in [3.63, 3.8) is 0 Å². The van der Waals surface area contributed by atoms with Crippen LogP contribution in [-0.2, 0) is 6.42 Å². The Morgan fingerprint density at radius 1 is 1.18 bits per heavy atom. The summed E-state index contributed by atoms with van der Waals surface area (Å²) in [5.74, 6) is -0.630. The zero-order chi connectivity index (χ0) is 19.8. The van der Waals surface area contributed by atoms with Gasteiger partial charge in [-0.3, -0.25) is 4.99 Å². The van der Waals surface area contributed by atoms with Gasteiger partial charge in [0.2, 0.25) is 0 Å². The minimum Gasteiger partial charge on any atom is -0.504 e. The van der Waals surface area contributed by atoms with E-state index in [1.165, 1.54) is 13.2 Å². The summed E-state index contributed by atoms with van der Waals surface area (Å²) >= 11 is 0. The van der Waals surface area contributed by atoms with Crippen molar-refractivity contribution in [2.24, 2.45) is 4.99 Å². The van der Waals surface area contributed by atoms with Gasteiger partial charge in [0.1, 0.15) is 0 Å². The van der Waals surface area contributed by atoms with Crippen molar-refractivity contribution in [1.29, 1.82) is 0 Å². The number of aliphatic imine (C=N–C) groups is 1. The van der Waals surface area contributed by atoms with E-state index < -0.39 is 11.6 Å². The van der Waals surface area contributed by atoms with Crippen LogP contribution in [0.15, 0.2) is 41.4 Å². The molecule has 0 spiro atoms. The van der Waals surface area contributed by atoms with Crippen LogP contribution in [0.5, 0.6) is 11.5 Å². The second kappa shape index (κ2) is 11.7. The number of rotatable bonds is 7. The second-order valence-electron chi connectivity index (χ2n) is 6.06. The summed E-state index contributed by atoms with van der Waals surface area (Å²) < 4.78 is 31.6. The van der Waals surface area contributed by atoms with Gasteiger partial charge in [0.25, 0.3) is 0 Å². The Kier molecular flexibility index (Phi) is 9.98. The van der Waals surface area contributed by atoms with Crippen molar-refractivity contribution < 1.29 is 18.6 Å². The lowest BCUT2D eigenvalue weighted by molar-refractivity contribution is 0.373. The van der Waals surface area contributed by atoms with E-state index in [2.05, 4.69) is 15.6 Å². The van der Waals surface area contributed by atoms with Crippen LogP contribution < -0.4 is 15.4 Å². The fraction of sp³-hybridized carbons (Fsp3) is 0.350. The highest BCUT2D eigenvalue weighted by Crippen LogP contribution is 2.26. The highest BCUT2D eigenvalue weighted by atomic mass is 127. The topological polar surface area (TPSA) is 65.9 Å². The number of ether oxygens (including phenoxy) is 1. The molecule has 0 radical (unpaired) electrons. The van der Waals surface area contributed by atoms with Crippen molar-refractivity contribution in [3.8, 4) is 11.5 Å². The Hall–Kier alpha value is -2.10. The Labute approximate surface area is 181 Å². The van der Waals surface area contributed by atoms with Crippen LogP contribution in [-0.4, -0.2) is 31.3 Å². The van der Waals surface area contributed by atoms with E-state index in [4.69, 9.17) is 4.74 Å². The van der Waals surface area contributed by atoms with Crippen LogP contribution in [0.4, 0.5) is 8.78 Å². The molecule has 2 aromatic rings. The molecule has 0 amide bonds. The normalized spacial score (nSPS) is 12.1. The largest absolute Gasteiger partial charge is 0.504 e. The molecule has 2 rings (SSSR count). The number of phenolic OH excluding ortho intramolecular Hbond substituents is 1. The standard InChI is InChI=1S/C20H25F2N3O2.HI/c1-4-23-20(25-13(2)15-6-7-16(21)17(22)12-15)24-10-9-14-5-8-18(26)19(11-14)27-3;/h5-8,11-13,26H,4,9-10H2,1-3H3,(H2,23,24,25);1H. The first-order valence-corrected chi connectivity index (χ1v) is 8.80. The number of aromatic hydroxyl groups is 1. The van der Waals surface area contributed by atoms with Crippen LogP contribution in [0.2, 0.25) is 0 Å². The zero-order valence-corrected chi connectivity index (χ0v) is 18.5. The van der Waals surface area contributed by atoms with Crippen molar-refractivity contribution in [3.05, 3.63) is 59.2 Å². The van der Waals surface area contributed by atoms with E-state index in [1.807, 2.05) is 19.9 Å². The van der Waals surface area contributed by atoms with Gasteiger partial charge in [0, 0.05) is 13.1 Å². The van der Waals surface area contributed by atoms with Gasteiger partial charge in [-0.2, -0.15) is 0 Å². The van der Waals surface area contributed by atoms with Gasteiger partial charge in [-0.05, 0) is 55.7 Å². The maximum atomic E-state index is 13.4. The summed E-state index contributed by atoms with van der Waals surface area (Å²) in [5, 5.41) is 16.0. The number of methoxy groups -OCH3 is 1. The van der Waals surface area contributed by atoms with Crippen molar-refractivity contribution in [1.82, 2.24) is 10.6 Å². The number of nitrogens with zero attached hydrogens (tertiary/aromatic N) is 1. The van der Waals surface area contributed by atoms with Crippen LogP contribution in [0.3, 0.4) is 0 Å². The van der Waals surface area contributed by atoms with Gasteiger partial charge >= 0.3 is 0 Å². The Bertz CT molecular complexity index is 803. The van der Waals surface area contributed by atoms with E-state index in [0.717, 1.165) is 11.6 Å². The molecule has 8 heteroatoms. The van der Waals surface area contributed by atoms with Crippen molar-refractivity contribution >= 4 is 29.9 Å². The predicted octanol–water partition coefficient (Wildman–Crippen LogP) is 4.16. The molecule has 0 saturated carbocycles. The zero-order valence-electron chi connectivity index (χ0n) is 16.1. The smallest absolute Gasteiger partial charge is 0.191 e. The molecule has 1 unspecified atom stereocenters. The minimum atomic E-state index is -0.871. The summed E-state index contributed by atoms with van der Waals surface area (Å²) in [6, 6.07) is 8.78. The number of hydrogen-bond donors (Lipinski definition) is 3. The second-order valence-corrected chi connectivity index (χ2v) is 6.06. The highest BCUT2D eigenvalue weighted by Gasteiger charge is 2.11. The Morgan fingerprint density at radius 3 is 2.57 bits per heavy atom. The molecular weight excluding hydrogens is 479 g/mol. The average molecular weight is 505 g/mol. The monoisotopic (exact) mass is 505 g/mol. The molecule has 0 aliphatic carbocycles. The maximum absolute atomic E-state index is 13.4. The van der Waals surface area contributed by atoms with E-state index >= 15 is 0 Å². The third-order valence-corrected chi connectivity index (χ3v) is 4.06. The lowest BCUT2D eigenvalue weighted by Crippen LogP contribution is -2.39. The third-order valence-electron chi connectivity index (χ3n) is 4.06. The quantitative estimate of drug-likeness (QED) is 0.301. The van der Waals surface area contributed by atoms with Gasteiger partial charge < -0.3 is 20.5 Å². The highest BCUT2D eigenvalue weighted by molar-refractivity contribution is 14.0. The average Bonchev–Trinajstić information content (AvgIpc) is 2.65. The van der Waals surface area contributed by atoms with E-state index in [0.29, 0.717) is 36.8 Å². The fourth-order valence-corrected chi connectivity index (χ4v) is 2.56. The molecular formula is C20H26F2IN3O2. The van der Waals surface area contributed by atoms with Crippen LogP contribution in [0.1, 0.15) is 31.0 Å². The first kappa shape index (κ1) is 23.9. The Balaban J connectivity index is 0.00000392. The number of benzene rings is 2. The summed E-state index contributed by atoms with van der Waals surface area (Å²) in [7, 11) is 1.50. The lowest BCUT2D eigenvalue weighted by atomic mass is 10.1. The number of hydrogen-bond acceptors (Lipinski definition) is 3. The van der Waals surface area contributed by atoms with Gasteiger partial charge in [-0.15, -0.1) is 24.0 Å². The summed E-state index contributed by atoms with van der Waals surface area (Å²) in [4.78, 5) is 4.52. The van der Waals surface area contributed by atoms with E-state index in [-0.39, 0.29) is 35.8 Å². The summed E-state index contributed by atoms with van der Waals surface area (Å²) in [6.07, 6.45) is 0.659. The molecule has 2 aromatic carbocycles. The number of phenols is 1. The third kappa shape index (κ3) is 6.81. The molecule has 0 bridgehead atoms. The van der Waals surface area contributed by atoms with Crippen molar-refractivity contribution in [2.75, 3.05) is 20.2 Å². The first-order chi connectivity index (χ1) is 12.9. The molecule has 28 heavy (non-hydrogen) atoms. The number of nitrogens with one attached hydrogen (secondary N) is 2. The Morgan fingerprint density at radius 2 is 1.93 bits per heavy atom. The predicted molar refractivity (Wildman–Crippen MR) is 118 cm³/mol. The molecule has 0 aliphatic rings. The summed E-state index contributed by atoms with van der Waals surface area (Å²) in [6.45, 7) is 4.98. The van der Waals surface area contributed by atoms with Crippen LogP contribution in [0.25, 0.3) is 0 Å². The lowest BCUT2D eigenvalue weighted by Gasteiger charge is -2.18. The molecule has 1 atom stereocenters. The van der Waals surface area contributed by atoms with Crippen molar-refractivity contribution in [2.45, 2.75) is 26.3 Å². The molecule has 154 valence electrons. The minimum absolute atomic E-state index is 0. The van der Waals surface area contributed by atoms with Gasteiger partial charge in [0.05, 0.1) is 13.2 Å². The molecule has 0 aliphatic heterocycles. The SMILES string of the molecule is CCNC(=NCCc1ccc(O)c(OC)c1)NC(C)c1ccc(F)c(F)c1.I. The van der Waals surface area contributed by atoms with Crippen LogP contribution in [0, 0.1) is 11.6 Å². The molecule has 0 fully saturated rings. The van der Waals surface area contributed by atoms with Gasteiger partial charge in [-0.25, -0.2) is 8.78 Å². The first-order valence-electron chi connectivity index (χ1n) is 8.80. The van der Waals surface area contributed by atoms with E-state index in [1.54, 1.807) is 18.2 Å². The van der Waals surface area contributed by atoms with E-state index in [9.17, 15) is 13.9 Å². The molecule has 0 aromatic heterocycles. The molecule has 5 nitrogen and oxygen atoms in total. The molecule has 0 heterocycles. The number of halogens is 3. The number of guanidine groups is 1. The molecule has 0 saturated heterocycles. The maximum Gasteiger partial charge on any atom is 0.191 e.